The summed E-state index contributed by atoms with van der Waals surface area (Å²) < 4.78 is 26.7. The zero-order chi connectivity index (χ0) is 18.1. The van der Waals surface area contributed by atoms with Crippen LogP contribution in [0.4, 0.5) is 0 Å². The van der Waals surface area contributed by atoms with Crippen molar-refractivity contribution < 1.29 is 8.42 Å². The minimum Gasteiger partial charge on any atom is -0.207 e. The second-order valence-electron chi connectivity index (χ2n) is 6.38. The molecule has 0 spiro atoms. The molecule has 0 aliphatic heterocycles. The van der Waals surface area contributed by atoms with E-state index >= 15 is 0 Å². The SMILES string of the molecule is Cc1ccc(S(=O)(=O)N(C)CC(Cl)c2c(C)cc(C)cc2C)cc1. The molecule has 1 atom stereocenters. The molecule has 0 amide bonds. The van der Waals surface area contributed by atoms with Crippen LogP contribution >= 0.6 is 11.6 Å². The highest BCUT2D eigenvalue weighted by atomic mass is 35.5. The Morgan fingerprint density at radius 3 is 1.96 bits per heavy atom. The molecule has 0 saturated heterocycles. The van der Waals surface area contributed by atoms with Gasteiger partial charge in [0.2, 0.25) is 10.0 Å². The van der Waals surface area contributed by atoms with E-state index in [0.717, 1.165) is 22.3 Å². The molecule has 0 fully saturated rings. The normalized spacial score (nSPS) is 13.3. The highest BCUT2D eigenvalue weighted by Crippen LogP contribution is 2.30. The number of likely N-dealkylation sites (N-methyl/N-ethyl adjacent to an activating group) is 1. The molecule has 5 heteroatoms. The van der Waals surface area contributed by atoms with Crippen LogP contribution in [-0.4, -0.2) is 26.3 Å². The fraction of sp³-hybridized carbons (Fsp3) is 0.368. The number of nitrogens with zero attached hydrogens (tertiary/aromatic N) is 1. The summed E-state index contributed by atoms with van der Waals surface area (Å²) in [6.45, 7) is 8.22. The van der Waals surface area contributed by atoms with E-state index in [1.54, 1.807) is 31.3 Å². The molecular weight excluding hydrogens is 342 g/mol. The maximum Gasteiger partial charge on any atom is 0.242 e. The first-order valence-electron chi connectivity index (χ1n) is 7.87. The number of hydrogen-bond donors (Lipinski definition) is 0. The van der Waals surface area contributed by atoms with E-state index in [0.29, 0.717) is 0 Å². The molecule has 24 heavy (non-hydrogen) atoms. The maximum atomic E-state index is 12.7. The van der Waals surface area contributed by atoms with Crippen molar-refractivity contribution in [2.75, 3.05) is 13.6 Å². The average molecular weight is 366 g/mol. The summed E-state index contributed by atoms with van der Waals surface area (Å²) in [7, 11) is -1.97. The predicted octanol–water partition coefficient (Wildman–Crippen LogP) is 4.52. The van der Waals surface area contributed by atoms with Gasteiger partial charge in [-0.3, -0.25) is 0 Å². The second-order valence-corrected chi connectivity index (χ2v) is 8.95. The van der Waals surface area contributed by atoms with E-state index in [2.05, 4.69) is 12.1 Å². The number of hydrogen-bond acceptors (Lipinski definition) is 2. The Morgan fingerprint density at radius 2 is 1.46 bits per heavy atom. The number of benzene rings is 2. The number of rotatable bonds is 5. The third kappa shape index (κ3) is 4.00. The molecule has 2 rings (SSSR count). The first kappa shape index (κ1) is 19.0. The van der Waals surface area contributed by atoms with Crippen molar-refractivity contribution in [2.24, 2.45) is 0 Å². The number of sulfonamides is 1. The van der Waals surface area contributed by atoms with Crippen molar-refractivity contribution in [1.29, 1.82) is 0 Å². The van der Waals surface area contributed by atoms with Gasteiger partial charge in [-0.05, 0) is 56.5 Å². The quantitative estimate of drug-likeness (QED) is 0.730. The van der Waals surface area contributed by atoms with E-state index in [-0.39, 0.29) is 11.4 Å². The average Bonchev–Trinajstić information content (AvgIpc) is 2.46. The Labute approximate surface area is 150 Å². The fourth-order valence-corrected chi connectivity index (χ4v) is 4.81. The molecule has 0 bridgehead atoms. The van der Waals surface area contributed by atoms with Gasteiger partial charge in [0.25, 0.3) is 0 Å². The monoisotopic (exact) mass is 365 g/mol. The predicted molar refractivity (Wildman–Crippen MR) is 100 cm³/mol. The topological polar surface area (TPSA) is 37.4 Å². The van der Waals surface area contributed by atoms with E-state index in [4.69, 9.17) is 11.6 Å². The summed E-state index contributed by atoms with van der Waals surface area (Å²) in [6, 6.07) is 11.0. The highest BCUT2D eigenvalue weighted by Gasteiger charge is 2.25. The second kappa shape index (κ2) is 7.26. The molecule has 2 aromatic rings. The fourth-order valence-electron chi connectivity index (χ4n) is 2.99. The first-order valence-corrected chi connectivity index (χ1v) is 9.75. The number of alkyl halides is 1. The summed E-state index contributed by atoms with van der Waals surface area (Å²) >= 11 is 6.58. The summed E-state index contributed by atoms with van der Waals surface area (Å²) in [5.41, 5.74) is 5.39. The van der Waals surface area contributed by atoms with E-state index in [9.17, 15) is 8.42 Å². The highest BCUT2D eigenvalue weighted by molar-refractivity contribution is 7.89. The molecule has 0 aliphatic carbocycles. The molecule has 1 unspecified atom stereocenters. The van der Waals surface area contributed by atoms with Crippen LogP contribution in [0.15, 0.2) is 41.3 Å². The van der Waals surface area contributed by atoms with Gasteiger partial charge in [-0.25, -0.2) is 8.42 Å². The van der Waals surface area contributed by atoms with Crippen LogP contribution in [0, 0.1) is 27.7 Å². The number of aryl methyl sites for hydroxylation is 4. The molecule has 0 radical (unpaired) electrons. The van der Waals surface area contributed by atoms with Crippen LogP contribution in [0.25, 0.3) is 0 Å². The Kier molecular flexibility index (Phi) is 5.74. The van der Waals surface area contributed by atoms with Gasteiger partial charge in [-0.1, -0.05) is 35.4 Å². The van der Waals surface area contributed by atoms with Gasteiger partial charge >= 0.3 is 0 Å². The zero-order valence-corrected chi connectivity index (χ0v) is 16.4. The van der Waals surface area contributed by atoms with Crippen LogP contribution in [0.2, 0.25) is 0 Å². The Morgan fingerprint density at radius 1 is 0.958 bits per heavy atom. The van der Waals surface area contributed by atoms with Gasteiger partial charge in [0, 0.05) is 13.6 Å². The van der Waals surface area contributed by atoms with Crippen LogP contribution in [0.1, 0.15) is 33.2 Å². The molecule has 0 heterocycles. The smallest absolute Gasteiger partial charge is 0.207 e. The van der Waals surface area contributed by atoms with Gasteiger partial charge in [-0.2, -0.15) is 4.31 Å². The van der Waals surface area contributed by atoms with Crippen molar-refractivity contribution in [3.63, 3.8) is 0 Å². The number of halogens is 1. The lowest BCUT2D eigenvalue weighted by Gasteiger charge is -2.23. The van der Waals surface area contributed by atoms with Crippen LogP contribution < -0.4 is 0 Å². The van der Waals surface area contributed by atoms with Gasteiger partial charge in [0.1, 0.15) is 0 Å². The van der Waals surface area contributed by atoms with Crippen molar-refractivity contribution in [1.82, 2.24) is 4.31 Å². The summed E-state index contributed by atoms with van der Waals surface area (Å²) in [5, 5.41) is -0.393. The van der Waals surface area contributed by atoms with E-state index in [1.807, 2.05) is 27.7 Å². The lowest BCUT2D eigenvalue weighted by molar-refractivity contribution is 0.467. The lowest BCUT2D eigenvalue weighted by atomic mass is 9.97. The van der Waals surface area contributed by atoms with E-state index < -0.39 is 15.4 Å². The standard InChI is InChI=1S/C19H24ClNO2S/c1-13-6-8-17(9-7-13)24(22,23)21(5)12-18(20)19-15(3)10-14(2)11-16(19)4/h6-11,18H,12H2,1-5H3. The van der Waals surface area contributed by atoms with Gasteiger partial charge < -0.3 is 0 Å². The van der Waals surface area contributed by atoms with Crippen LogP contribution in [-0.2, 0) is 10.0 Å². The molecule has 0 saturated carbocycles. The van der Waals surface area contributed by atoms with Crippen molar-refractivity contribution in [3.8, 4) is 0 Å². The molecule has 0 aromatic heterocycles. The zero-order valence-electron chi connectivity index (χ0n) is 14.8. The van der Waals surface area contributed by atoms with Crippen LogP contribution in [0.5, 0.6) is 0 Å². The molecule has 0 N–H and O–H groups in total. The molecule has 0 aliphatic rings. The van der Waals surface area contributed by atoms with Gasteiger partial charge in [0.05, 0.1) is 10.3 Å². The minimum absolute atomic E-state index is 0.225. The van der Waals surface area contributed by atoms with Crippen LogP contribution in [0.3, 0.4) is 0 Å². The van der Waals surface area contributed by atoms with Gasteiger partial charge in [0.15, 0.2) is 0 Å². The summed E-state index contributed by atoms with van der Waals surface area (Å²) in [4.78, 5) is 0.289. The lowest BCUT2D eigenvalue weighted by Crippen LogP contribution is -2.30. The van der Waals surface area contributed by atoms with Crippen molar-refractivity contribution in [2.45, 2.75) is 38.0 Å². The Bertz CT molecular complexity index is 806. The summed E-state index contributed by atoms with van der Waals surface area (Å²) in [5.74, 6) is 0. The van der Waals surface area contributed by atoms with Gasteiger partial charge in [-0.15, -0.1) is 11.6 Å². The molecule has 130 valence electrons. The third-order valence-electron chi connectivity index (χ3n) is 4.20. The molecule has 3 nitrogen and oxygen atoms in total. The summed E-state index contributed by atoms with van der Waals surface area (Å²) in [6.07, 6.45) is 0. The Balaban J connectivity index is 2.25. The largest absolute Gasteiger partial charge is 0.242 e. The molecular formula is C19H24ClNO2S. The third-order valence-corrected chi connectivity index (χ3v) is 6.39. The maximum absolute atomic E-state index is 12.7. The minimum atomic E-state index is -3.54. The van der Waals surface area contributed by atoms with E-state index in [1.165, 1.54) is 9.87 Å². The van der Waals surface area contributed by atoms with Crippen molar-refractivity contribution >= 4 is 21.6 Å². The first-order chi connectivity index (χ1) is 11.1. The molecule has 2 aromatic carbocycles. The van der Waals surface area contributed by atoms with Crippen molar-refractivity contribution in [3.05, 3.63) is 64.2 Å². The Hall–Kier alpha value is -1.36.